The highest BCUT2D eigenvalue weighted by Gasteiger charge is 2.15. The molecule has 0 aliphatic carbocycles. The number of nitrogens with one attached hydrogen (secondary N) is 1. The van der Waals surface area contributed by atoms with E-state index in [2.05, 4.69) is 5.32 Å². The van der Waals surface area contributed by atoms with E-state index in [4.69, 9.17) is 9.47 Å². The summed E-state index contributed by atoms with van der Waals surface area (Å²) in [5.41, 5.74) is 0.639. The van der Waals surface area contributed by atoms with Crippen molar-refractivity contribution in [3.63, 3.8) is 0 Å². The Hall–Kier alpha value is -0.970. The van der Waals surface area contributed by atoms with E-state index in [1.54, 1.807) is 26.4 Å². The molecule has 0 fully saturated rings. The molecule has 1 unspecified atom stereocenters. The molecule has 0 saturated heterocycles. The van der Waals surface area contributed by atoms with Crippen molar-refractivity contribution in [1.82, 2.24) is 5.32 Å². The summed E-state index contributed by atoms with van der Waals surface area (Å²) in [6.45, 7) is 2.38. The summed E-state index contributed by atoms with van der Waals surface area (Å²) in [6.07, 6.45) is -0.327. The first-order chi connectivity index (χ1) is 7.69. The van der Waals surface area contributed by atoms with Gasteiger partial charge in [-0.05, 0) is 13.0 Å². The Balaban J connectivity index is 2.48. The lowest BCUT2D eigenvalue weighted by atomic mass is 10.2. The molecule has 0 amide bonds. The monoisotopic (exact) mass is 227 g/mol. The summed E-state index contributed by atoms with van der Waals surface area (Å²) in [5, 5.41) is 3.15. The van der Waals surface area contributed by atoms with Crippen molar-refractivity contribution in [2.24, 2.45) is 0 Å². The van der Waals surface area contributed by atoms with Crippen LogP contribution < -0.4 is 5.32 Å². The van der Waals surface area contributed by atoms with E-state index in [1.807, 2.05) is 13.0 Å². The molecule has 0 radical (unpaired) electrons. The molecule has 0 saturated carbocycles. The standard InChI is InChI=1S/C12H18FNO2/c1-9(12(15-2)16-3)14-8-10-6-4-5-7-11(10)13/h4-7,9,12,14H,8H2,1-3H3. The first kappa shape index (κ1) is 13.1. The molecule has 0 spiro atoms. The molecule has 1 aromatic carbocycles. The molecule has 0 aliphatic rings. The molecule has 1 rings (SSSR count). The summed E-state index contributed by atoms with van der Waals surface area (Å²) in [5.74, 6) is -0.200. The van der Waals surface area contributed by atoms with Crippen molar-refractivity contribution >= 4 is 0 Å². The van der Waals surface area contributed by atoms with E-state index < -0.39 is 0 Å². The quantitative estimate of drug-likeness (QED) is 0.753. The Morgan fingerprint density at radius 1 is 1.25 bits per heavy atom. The van der Waals surface area contributed by atoms with E-state index in [-0.39, 0.29) is 18.1 Å². The fourth-order valence-corrected chi connectivity index (χ4v) is 1.51. The third-order valence-electron chi connectivity index (χ3n) is 2.45. The van der Waals surface area contributed by atoms with E-state index in [0.717, 1.165) is 0 Å². The van der Waals surface area contributed by atoms with Crippen LogP contribution in [0.15, 0.2) is 24.3 Å². The zero-order chi connectivity index (χ0) is 12.0. The van der Waals surface area contributed by atoms with E-state index in [0.29, 0.717) is 12.1 Å². The fraction of sp³-hybridized carbons (Fsp3) is 0.500. The second-order valence-corrected chi connectivity index (χ2v) is 3.60. The average molecular weight is 227 g/mol. The third kappa shape index (κ3) is 3.56. The molecule has 0 aromatic heterocycles. The number of hydrogen-bond donors (Lipinski definition) is 1. The molecule has 1 aromatic rings. The van der Waals surface area contributed by atoms with Crippen LogP contribution in [-0.2, 0) is 16.0 Å². The van der Waals surface area contributed by atoms with Crippen molar-refractivity contribution in [3.8, 4) is 0 Å². The molecule has 4 heteroatoms. The molecular formula is C12H18FNO2. The summed E-state index contributed by atoms with van der Waals surface area (Å²) < 4.78 is 23.5. The molecule has 0 aliphatic heterocycles. The molecule has 0 bridgehead atoms. The summed E-state index contributed by atoms with van der Waals surface area (Å²) in [4.78, 5) is 0. The fourth-order valence-electron chi connectivity index (χ4n) is 1.51. The number of benzene rings is 1. The van der Waals surface area contributed by atoms with Gasteiger partial charge in [-0.25, -0.2) is 4.39 Å². The molecular weight excluding hydrogens is 209 g/mol. The van der Waals surface area contributed by atoms with Gasteiger partial charge in [0.25, 0.3) is 0 Å². The van der Waals surface area contributed by atoms with Crippen molar-refractivity contribution in [3.05, 3.63) is 35.6 Å². The van der Waals surface area contributed by atoms with Crippen LogP contribution in [0.5, 0.6) is 0 Å². The topological polar surface area (TPSA) is 30.5 Å². The Bertz CT molecular complexity index is 316. The Labute approximate surface area is 95.6 Å². The zero-order valence-electron chi connectivity index (χ0n) is 9.87. The molecule has 1 atom stereocenters. The number of methoxy groups -OCH3 is 2. The first-order valence-corrected chi connectivity index (χ1v) is 5.21. The maximum absolute atomic E-state index is 13.3. The highest BCUT2D eigenvalue weighted by Crippen LogP contribution is 2.07. The van der Waals surface area contributed by atoms with Gasteiger partial charge in [0.2, 0.25) is 0 Å². The van der Waals surface area contributed by atoms with Crippen molar-refractivity contribution in [2.75, 3.05) is 14.2 Å². The van der Waals surface area contributed by atoms with Gasteiger partial charge in [-0.15, -0.1) is 0 Å². The van der Waals surface area contributed by atoms with Gasteiger partial charge in [-0.1, -0.05) is 18.2 Å². The van der Waals surface area contributed by atoms with Crippen LogP contribution in [0.3, 0.4) is 0 Å². The second kappa shape index (κ2) is 6.58. The van der Waals surface area contributed by atoms with Crippen LogP contribution in [0.25, 0.3) is 0 Å². The lowest BCUT2D eigenvalue weighted by Crippen LogP contribution is -2.39. The summed E-state index contributed by atoms with van der Waals surface area (Å²) >= 11 is 0. The predicted molar refractivity (Wildman–Crippen MR) is 60.5 cm³/mol. The van der Waals surface area contributed by atoms with Crippen molar-refractivity contribution < 1.29 is 13.9 Å². The van der Waals surface area contributed by atoms with Gasteiger partial charge >= 0.3 is 0 Å². The lowest BCUT2D eigenvalue weighted by Gasteiger charge is -2.22. The van der Waals surface area contributed by atoms with Gasteiger partial charge in [-0.3, -0.25) is 0 Å². The SMILES string of the molecule is COC(OC)C(C)NCc1ccccc1F. The predicted octanol–water partition coefficient (Wildman–Crippen LogP) is 1.92. The maximum atomic E-state index is 13.3. The number of rotatable bonds is 6. The van der Waals surface area contributed by atoms with E-state index in [1.165, 1.54) is 6.07 Å². The van der Waals surface area contributed by atoms with Gasteiger partial charge in [0.15, 0.2) is 6.29 Å². The number of ether oxygens (including phenoxy) is 2. The number of halogens is 1. The van der Waals surface area contributed by atoms with Crippen LogP contribution in [0.4, 0.5) is 4.39 Å². The largest absolute Gasteiger partial charge is 0.354 e. The van der Waals surface area contributed by atoms with Crippen LogP contribution in [0.2, 0.25) is 0 Å². The molecule has 90 valence electrons. The van der Waals surface area contributed by atoms with Gasteiger partial charge in [0, 0.05) is 26.3 Å². The molecule has 16 heavy (non-hydrogen) atoms. The summed E-state index contributed by atoms with van der Waals surface area (Å²) in [6, 6.07) is 6.69. The van der Waals surface area contributed by atoms with Crippen LogP contribution >= 0.6 is 0 Å². The minimum Gasteiger partial charge on any atom is -0.354 e. The zero-order valence-corrected chi connectivity index (χ0v) is 9.87. The molecule has 3 nitrogen and oxygen atoms in total. The summed E-state index contributed by atoms with van der Waals surface area (Å²) in [7, 11) is 3.16. The number of hydrogen-bond acceptors (Lipinski definition) is 3. The highest BCUT2D eigenvalue weighted by atomic mass is 19.1. The first-order valence-electron chi connectivity index (χ1n) is 5.21. The van der Waals surface area contributed by atoms with Crippen molar-refractivity contribution in [1.29, 1.82) is 0 Å². The minimum atomic E-state index is -0.327. The van der Waals surface area contributed by atoms with E-state index >= 15 is 0 Å². The molecule has 0 heterocycles. The van der Waals surface area contributed by atoms with Gasteiger partial charge in [0.1, 0.15) is 5.82 Å². The maximum Gasteiger partial charge on any atom is 0.171 e. The third-order valence-corrected chi connectivity index (χ3v) is 2.45. The Morgan fingerprint density at radius 2 is 1.88 bits per heavy atom. The Morgan fingerprint density at radius 3 is 2.44 bits per heavy atom. The smallest absolute Gasteiger partial charge is 0.171 e. The lowest BCUT2D eigenvalue weighted by molar-refractivity contribution is -0.119. The normalized spacial score (nSPS) is 13.1. The second-order valence-electron chi connectivity index (χ2n) is 3.60. The molecule has 1 N–H and O–H groups in total. The van der Waals surface area contributed by atoms with Crippen LogP contribution in [-0.4, -0.2) is 26.6 Å². The van der Waals surface area contributed by atoms with Gasteiger partial charge < -0.3 is 14.8 Å². The van der Waals surface area contributed by atoms with Gasteiger partial charge in [-0.2, -0.15) is 0 Å². The van der Waals surface area contributed by atoms with Crippen molar-refractivity contribution in [2.45, 2.75) is 25.8 Å². The van der Waals surface area contributed by atoms with Crippen LogP contribution in [0, 0.1) is 5.82 Å². The van der Waals surface area contributed by atoms with Gasteiger partial charge in [0.05, 0.1) is 6.04 Å². The highest BCUT2D eigenvalue weighted by molar-refractivity contribution is 5.16. The minimum absolute atomic E-state index is 0.00499. The average Bonchev–Trinajstić information content (AvgIpc) is 2.29. The Kier molecular flexibility index (Phi) is 5.38. The van der Waals surface area contributed by atoms with E-state index in [9.17, 15) is 4.39 Å². The van der Waals surface area contributed by atoms with Crippen LogP contribution in [0.1, 0.15) is 12.5 Å².